The SMILES string of the molecule is CN(Cc1cccc2c1OCCN2)C1CC1. The highest BCUT2D eigenvalue weighted by Crippen LogP contribution is 2.34. The van der Waals surface area contributed by atoms with Crippen molar-refractivity contribution in [3.63, 3.8) is 0 Å². The van der Waals surface area contributed by atoms with Crippen molar-refractivity contribution >= 4 is 5.69 Å². The molecule has 1 aliphatic carbocycles. The fourth-order valence-corrected chi connectivity index (χ4v) is 2.27. The Balaban J connectivity index is 1.82. The van der Waals surface area contributed by atoms with Crippen molar-refractivity contribution in [2.75, 3.05) is 25.5 Å². The van der Waals surface area contributed by atoms with E-state index < -0.39 is 0 Å². The van der Waals surface area contributed by atoms with Gasteiger partial charge in [0.2, 0.25) is 0 Å². The molecule has 0 aromatic heterocycles. The number of hydrogen-bond donors (Lipinski definition) is 1. The van der Waals surface area contributed by atoms with Crippen LogP contribution < -0.4 is 10.1 Å². The average molecular weight is 218 g/mol. The first-order valence-corrected chi connectivity index (χ1v) is 6.03. The molecule has 0 radical (unpaired) electrons. The van der Waals surface area contributed by atoms with Gasteiger partial charge < -0.3 is 10.1 Å². The summed E-state index contributed by atoms with van der Waals surface area (Å²) in [7, 11) is 2.20. The maximum Gasteiger partial charge on any atom is 0.146 e. The van der Waals surface area contributed by atoms with E-state index in [1.165, 1.54) is 18.4 Å². The molecule has 0 saturated heterocycles. The van der Waals surface area contributed by atoms with Crippen LogP contribution in [0.25, 0.3) is 0 Å². The summed E-state index contributed by atoms with van der Waals surface area (Å²) in [6.45, 7) is 2.68. The number of rotatable bonds is 3. The van der Waals surface area contributed by atoms with E-state index in [9.17, 15) is 0 Å². The van der Waals surface area contributed by atoms with Crippen LogP contribution in [0.15, 0.2) is 18.2 Å². The molecule has 1 heterocycles. The summed E-state index contributed by atoms with van der Waals surface area (Å²) in [4.78, 5) is 2.42. The molecule has 0 unspecified atom stereocenters. The predicted molar refractivity (Wildman–Crippen MR) is 64.9 cm³/mol. The summed E-state index contributed by atoms with van der Waals surface area (Å²) < 4.78 is 5.77. The van der Waals surface area contributed by atoms with Crippen molar-refractivity contribution in [2.24, 2.45) is 0 Å². The molecular weight excluding hydrogens is 200 g/mol. The van der Waals surface area contributed by atoms with Gasteiger partial charge in [-0.15, -0.1) is 0 Å². The average Bonchev–Trinajstić information content (AvgIpc) is 3.13. The lowest BCUT2D eigenvalue weighted by atomic mass is 10.1. The Kier molecular flexibility index (Phi) is 2.48. The molecule has 3 nitrogen and oxygen atoms in total. The lowest BCUT2D eigenvalue weighted by Crippen LogP contribution is -2.23. The molecule has 1 aliphatic heterocycles. The van der Waals surface area contributed by atoms with Crippen LogP contribution in [0.3, 0.4) is 0 Å². The van der Waals surface area contributed by atoms with Crippen LogP contribution in [0.4, 0.5) is 5.69 Å². The van der Waals surface area contributed by atoms with Crippen molar-refractivity contribution in [2.45, 2.75) is 25.4 Å². The Bertz CT molecular complexity index is 388. The van der Waals surface area contributed by atoms with Gasteiger partial charge in [-0.1, -0.05) is 12.1 Å². The van der Waals surface area contributed by atoms with Crippen LogP contribution in [-0.2, 0) is 6.54 Å². The van der Waals surface area contributed by atoms with Crippen LogP contribution in [0, 0.1) is 0 Å². The van der Waals surface area contributed by atoms with Crippen molar-refractivity contribution in [1.82, 2.24) is 4.90 Å². The molecule has 86 valence electrons. The van der Waals surface area contributed by atoms with E-state index in [0.29, 0.717) is 0 Å². The number of nitrogens with zero attached hydrogens (tertiary/aromatic N) is 1. The Morgan fingerprint density at radius 3 is 3.12 bits per heavy atom. The molecule has 0 atom stereocenters. The first-order valence-electron chi connectivity index (χ1n) is 6.03. The van der Waals surface area contributed by atoms with Crippen LogP contribution in [-0.4, -0.2) is 31.1 Å². The smallest absolute Gasteiger partial charge is 0.146 e. The van der Waals surface area contributed by atoms with Crippen LogP contribution in [0.2, 0.25) is 0 Å². The highest BCUT2D eigenvalue weighted by Gasteiger charge is 2.27. The zero-order chi connectivity index (χ0) is 11.0. The van der Waals surface area contributed by atoms with E-state index in [-0.39, 0.29) is 0 Å². The lowest BCUT2D eigenvalue weighted by Gasteiger charge is -2.24. The van der Waals surface area contributed by atoms with Gasteiger partial charge in [-0.3, -0.25) is 4.90 Å². The van der Waals surface area contributed by atoms with Crippen LogP contribution in [0.5, 0.6) is 5.75 Å². The number of fused-ring (bicyclic) bond motifs is 1. The van der Waals surface area contributed by atoms with Crippen molar-refractivity contribution in [3.8, 4) is 5.75 Å². The largest absolute Gasteiger partial charge is 0.489 e. The van der Waals surface area contributed by atoms with Gasteiger partial charge in [0.25, 0.3) is 0 Å². The molecule has 1 aromatic carbocycles. The van der Waals surface area contributed by atoms with E-state index >= 15 is 0 Å². The van der Waals surface area contributed by atoms with Gasteiger partial charge in [0, 0.05) is 24.7 Å². The molecule has 1 saturated carbocycles. The number of nitrogens with one attached hydrogen (secondary N) is 1. The molecule has 3 rings (SSSR count). The van der Waals surface area contributed by atoms with Gasteiger partial charge in [-0.05, 0) is 26.0 Å². The third-order valence-corrected chi connectivity index (χ3v) is 3.35. The van der Waals surface area contributed by atoms with Crippen LogP contribution >= 0.6 is 0 Å². The molecule has 3 heteroatoms. The van der Waals surface area contributed by atoms with Crippen LogP contribution in [0.1, 0.15) is 18.4 Å². The van der Waals surface area contributed by atoms with Gasteiger partial charge in [-0.25, -0.2) is 0 Å². The Labute approximate surface area is 96.4 Å². The maximum absolute atomic E-state index is 5.77. The first-order chi connectivity index (χ1) is 7.84. The van der Waals surface area contributed by atoms with Gasteiger partial charge in [0.15, 0.2) is 0 Å². The zero-order valence-electron chi connectivity index (χ0n) is 9.70. The number of hydrogen-bond acceptors (Lipinski definition) is 3. The number of benzene rings is 1. The monoisotopic (exact) mass is 218 g/mol. The second kappa shape index (κ2) is 3.98. The molecule has 0 amide bonds. The number of para-hydroxylation sites is 1. The summed E-state index contributed by atoms with van der Waals surface area (Å²) in [6, 6.07) is 7.17. The molecule has 0 spiro atoms. The highest BCUT2D eigenvalue weighted by atomic mass is 16.5. The highest BCUT2D eigenvalue weighted by molar-refractivity contribution is 5.61. The summed E-state index contributed by atoms with van der Waals surface area (Å²) in [6.07, 6.45) is 2.70. The fraction of sp³-hybridized carbons (Fsp3) is 0.538. The Morgan fingerprint density at radius 2 is 2.31 bits per heavy atom. The number of ether oxygens (including phenoxy) is 1. The van der Waals surface area contributed by atoms with E-state index in [0.717, 1.165) is 37.2 Å². The predicted octanol–water partition coefficient (Wildman–Crippen LogP) is 2.09. The standard InChI is InChI=1S/C13H18N2O/c1-15(11-5-6-11)9-10-3-2-4-12-13(10)16-8-7-14-12/h2-4,11,14H,5-9H2,1H3. The number of anilines is 1. The maximum atomic E-state index is 5.77. The lowest BCUT2D eigenvalue weighted by molar-refractivity contribution is 0.290. The first kappa shape index (κ1) is 9.97. The van der Waals surface area contributed by atoms with Crippen molar-refractivity contribution in [3.05, 3.63) is 23.8 Å². The summed E-state index contributed by atoms with van der Waals surface area (Å²) >= 11 is 0. The molecular formula is C13H18N2O. The molecule has 2 aliphatic rings. The minimum atomic E-state index is 0.775. The third-order valence-electron chi connectivity index (χ3n) is 3.35. The second-order valence-corrected chi connectivity index (χ2v) is 4.72. The minimum absolute atomic E-state index is 0.775. The van der Waals surface area contributed by atoms with Gasteiger partial charge in [-0.2, -0.15) is 0 Å². The fourth-order valence-electron chi connectivity index (χ4n) is 2.27. The molecule has 1 fully saturated rings. The van der Waals surface area contributed by atoms with E-state index in [4.69, 9.17) is 4.74 Å². The quantitative estimate of drug-likeness (QED) is 0.840. The van der Waals surface area contributed by atoms with Crippen molar-refractivity contribution in [1.29, 1.82) is 0 Å². The van der Waals surface area contributed by atoms with E-state index in [2.05, 4.69) is 35.5 Å². The van der Waals surface area contributed by atoms with E-state index in [1.54, 1.807) is 0 Å². The Hall–Kier alpha value is -1.22. The van der Waals surface area contributed by atoms with Crippen molar-refractivity contribution < 1.29 is 4.74 Å². The molecule has 1 aromatic rings. The Morgan fingerprint density at radius 1 is 1.44 bits per heavy atom. The molecule has 16 heavy (non-hydrogen) atoms. The third kappa shape index (κ3) is 1.87. The van der Waals surface area contributed by atoms with Gasteiger partial charge in [0.05, 0.1) is 5.69 Å². The normalized spacial score (nSPS) is 18.9. The summed E-state index contributed by atoms with van der Waals surface area (Å²) in [5.74, 6) is 1.06. The van der Waals surface area contributed by atoms with Gasteiger partial charge in [0.1, 0.15) is 12.4 Å². The van der Waals surface area contributed by atoms with E-state index in [1.807, 2.05) is 0 Å². The van der Waals surface area contributed by atoms with Gasteiger partial charge >= 0.3 is 0 Å². The minimum Gasteiger partial charge on any atom is -0.489 e. The summed E-state index contributed by atoms with van der Waals surface area (Å²) in [5.41, 5.74) is 2.45. The molecule has 0 bridgehead atoms. The second-order valence-electron chi connectivity index (χ2n) is 4.72. The zero-order valence-corrected chi connectivity index (χ0v) is 9.70. The topological polar surface area (TPSA) is 24.5 Å². The molecule has 1 N–H and O–H groups in total. The summed E-state index contributed by atoms with van der Waals surface area (Å²) in [5, 5.41) is 3.38.